The fourth-order valence-electron chi connectivity index (χ4n) is 1.83. The molecule has 0 heterocycles. The second-order valence-corrected chi connectivity index (χ2v) is 4.69. The number of hydrogen-bond donors (Lipinski definition) is 2. The van der Waals surface area contributed by atoms with E-state index in [2.05, 4.69) is 5.32 Å². The van der Waals surface area contributed by atoms with Crippen molar-refractivity contribution in [3.8, 4) is 5.75 Å². The van der Waals surface area contributed by atoms with Crippen molar-refractivity contribution >= 4 is 11.7 Å². The van der Waals surface area contributed by atoms with Gasteiger partial charge in [0.1, 0.15) is 11.8 Å². The van der Waals surface area contributed by atoms with Gasteiger partial charge < -0.3 is 15.2 Å². The highest BCUT2D eigenvalue weighted by atomic mass is 16.6. The maximum absolute atomic E-state index is 11.0. The lowest BCUT2D eigenvalue weighted by molar-refractivity contribution is -0.384. The van der Waals surface area contributed by atoms with Crippen LogP contribution in [0, 0.1) is 17.0 Å². The van der Waals surface area contributed by atoms with Crippen LogP contribution in [0.15, 0.2) is 18.2 Å². The van der Waals surface area contributed by atoms with Gasteiger partial charge in [-0.15, -0.1) is 0 Å². The molecule has 0 bridgehead atoms. The Morgan fingerprint density at radius 1 is 1.52 bits per heavy atom. The number of nitro groups is 1. The Balaban J connectivity index is 2.54. The van der Waals surface area contributed by atoms with E-state index in [1.165, 1.54) is 18.2 Å². The molecule has 1 rings (SSSR count). The molecule has 0 aliphatic rings. The molecule has 0 saturated heterocycles. The number of carboxylic acid groups (broad SMARTS) is 1. The van der Waals surface area contributed by atoms with Gasteiger partial charge in [-0.3, -0.25) is 14.9 Å². The van der Waals surface area contributed by atoms with Crippen molar-refractivity contribution < 1.29 is 19.6 Å². The number of rotatable bonds is 9. The van der Waals surface area contributed by atoms with Crippen LogP contribution >= 0.6 is 0 Å². The summed E-state index contributed by atoms with van der Waals surface area (Å²) in [5.74, 6) is -0.382. The summed E-state index contributed by atoms with van der Waals surface area (Å²) in [6, 6.07) is 3.68. The number of carboxylic acids is 1. The lowest BCUT2D eigenvalue weighted by Gasteiger charge is -2.15. The van der Waals surface area contributed by atoms with Crippen LogP contribution in [-0.2, 0) is 4.79 Å². The molecule has 7 nitrogen and oxygen atoms in total. The molecule has 7 heteroatoms. The van der Waals surface area contributed by atoms with Gasteiger partial charge in [0.2, 0.25) is 0 Å². The lowest BCUT2D eigenvalue weighted by Crippen LogP contribution is -2.38. The van der Waals surface area contributed by atoms with Crippen molar-refractivity contribution in [2.45, 2.75) is 32.7 Å². The van der Waals surface area contributed by atoms with Crippen LogP contribution in [0.4, 0.5) is 5.69 Å². The first-order chi connectivity index (χ1) is 9.95. The van der Waals surface area contributed by atoms with E-state index in [0.717, 1.165) is 6.42 Å². The van der Waals surface area contributed by atoms with E-state index in [0.29, 0.717) is 24.3 Å². The van der Waals surface area contributed by atoms with Gasteiger partial charge in [0.25, 0.3) is 5.69 Å². The minimum absolute atomic E-state index is 0.00729. The summed E-state index contributed by atoms with van der Waals surface area (Å²) in [5.41, 5.74) is 0.658. The standard InChI is InChI=1S/C14H20N2O5/c1-3-7-15-12(14(17)18)6-8-21-13-5-4-11(16(19)20)9-10(13)2/h4-5,9,12,15H,3,6-8H2,1-2H3,(H,17,18). The number of aliphatic carboxylic acids is 1. The van der Waals surface area contributed by atoms with Crippen molar-refractivity contribution in [1.82, 2.24) is 5.32 Å². The SMILES string of the molecule is CCCNC(CCOc1ccc([N+](=O)[O-])cc1C)C(=O)O. The molecule has 1 atom stereocenters. The summed E-state index contributed by atoms with van der Waals surface area (Å²) >= 11 is 0. The van der Waals surface area contributed by atoms with Gasteiger partial charge in [0.05, 0.1) is 11.5 Å². The van der Waals surface area contributed by atoms with E-state index in [1.807, 2.05) is 6.92 Å². The van der Waals surface area contributed by atoms with E-state index >= 15 is 0 Å². The summed E-state index contributed by atoms with van der Waals surface area (Å²) in [4.78, 5) is 21.2. The summed E-state index contributed by atoms with van der Waals surface area (Å²) in [5, 5.41) is 22.6. The zero-order valence-electron chi connectivity index (χ0n) is 12.2. The third-order valence-corrected chi connectivity index (χ3v) is 2.97. The summed E-state index contributed by atoms with van der Waals surface area (Å²) in [7, 11) is 0. The van der Waals surface area contributed by atoms with Crippen LogP contribution in [0.25, 0.3) is 0 Å². The fourth-order valence-corrected chi connectivity index (χ4v) is 1.83. The van der Waals surface area contributed by atoms with E-state index in [4.69, 9.17) is 9.84 Å². The largest absolute Gasteiger partial charge is 0.493 e. The average Bonchev–Trinajstić information content (AvgIpc) is 2.43. The molecule has 0 aliphatic carbocycles. The molecule has 0 aromatic heterocycles. The third kappa shape index (κ3) is 5.39. The van der Waals surface area contributed by atoms with Crippen molar-refractivity contribution in [1.29, 1.82) is 0 Å². The van der Waals surface area contributed by atoms with Crippen LogP contribution in [-0.4, -0.2) is 35.2 Å². The number of nitrogens with one attached hydrogen (secondary N) is 1. The van der Waals surface area contributed by atoms with Crippen LogP contribution in [0.1, 0.15) is 25.3 Å². The molecule has 0 spiro atoms. The molecule has 116 valence electrons. The van der Waals surface area contributed by atoms with Gasteiger partial charge >= 0.3 is 5.97 Å². The zero-order valence-corrected chi connectivity index (χ0v) is 12.2. The maximum Gasteiger partial charge on any atom is 0.320 e. The molecular weight excluding hydrogens is 276 g/mol. The Kier molecular flexibility index (Phi) is 6.61. The molecule has 0 fully saturated rings. The normalized spacial score (nSPS) is 11.9. The van der Waals surface area contributed by atoms with Crippen LogP contribution < -0.4 is 10.1 Å². The molecule has 1 aromatic rings. The number of aryl methyl sites for hydroxylation is 1. The number of non-ortho nitro benzene ring substituents is 1. The number of benzene rings is 1. The van der Waals surface area contributed by atoms with Crippen molar-refractivity contribution in [3.63, 3.8) is 0 Å². The van der Waals surface area contributed by atoms with Crippen molar-refractivity contribution in [3.05, 3.63) is 33.9 Å². The van der Waals surface area contributed by atoms with Gasteiger partial charge in [-0.25, -0.2) is 0 Å². The predicted molar refractivity (Wildman–Crippen MR) is 77.7 cm³/mol. The minimum atomic E-state index is -0.910. The molecular formula is C14H20N2O5. The van der Waals surface area contributed by atoms with Crippen molar-refractivity contribution in [2.75, 3.05) is 13.2 Å². The second kappa shape index (κ2) is 8.21. The van der Waals surface area contributed by atoms with Gasteiger partial charge in [-0.1, -0.05) is 6.92 Å². The number of nitrogens with zero attached hydrogens (tertiary/aromatic N) is 1. The Morgan fingerprint density at radius 2 is 2.24 bits per heavy atom. The first kappa shape index (κ1) is 16.9. The van der Waals surface area contributed by atoms with E-state index in [-0.39, 0.29) is 12.3 Å². The predicted octanol–water partition coefficient (Wildman–Crippen LogP) is 2.12. The molecule has 0 saturated carbocycles. The van der Waals surface area contributed by atoms with Gasteiger partial charge in [0, 0.05) is 18.6 Å². The van der Waals surface area contributed by atoms with Crippen molar-refractivity contribution in [2.24, 2.45) is 0 Å². The Morgan fingerprint density at radius 3 is 2.76 bits per heavy atom. The van der Waals surface area contributed by atoms with Crippen LogP contribution in [0.3, 0.4) is 0 Å². The highest BCUT2D eigenvalue weighted by Gasteiger charge is 2.16. The summed E-state index contributed by atoms with van der Waals surface area (Å²) < 4.78 is 5.51. The Hall–Kier alpha value is -2.15. The fraction of sp³-hybridized carbons (Fsp3) is 0.500. The second-order valence-electron chi connectivity index (χ2n) is 4.69. The first-order valence-electron chi connectivity index (χ1n) is 6.79. The highest BCUT2D eigenvalue weighted by Crippen LogP contribution is 2.23. The van der Waals surface area contributed by atoms with Gasteiger partial charge in [-0.05, 0) is 31.5 Å². The van der Waals surface area contributed by atoms with Crippen LogP contribution in [0.5, 0.6) is 5.75 Å². The highest BCUT2D eigenvalue weighted by molar-refractivity contribution is 5.73. The summed E-state index contributed by atoms with van der Waals surface area (Å²) in [6.45, 7) is 4.54. The number of ether oxygens (including phenoxy) is 1. The van der Waals surface area contributed by atoms with Gasteiger partial charge in [0.15, 0.2) is 0 Å². The number of carbonyl (C=O) groups is 1. The smallest absolute Gasteiger partial charge is 0.320 e. The topological polar surface area (TPSA) is 102 Å². The van der Waals surface area contributed by atoms with Crippen LogP contribution in [0.2, 0.25) is 0 Å². The molecule has 2 N–H and O–H groups in total. The van der Waals surface area contributed by atoms with E-state index in [1.54, 1.807) is 6.92 Å². The zero-order chi connectivity index (χ0) is 15.8. The summed E-state index contributed by atoms with van der Waals surface area (Å²) in [6.07, 6.45) is 1.18. The van der Waals surface area contributed by atoms with Gasteiger partial charge in [-0.2, -0.15) is 0 Å². The molecule has 0 radical (unpaired) electrons. The number of hydrogen-bond acceptors (Lipinski definition) is 5. The molecule has 1 unspecified atom stereocenters. The average molecular weight is 296 g/mol. The van der Waals surface area contributed by atoms with E-state index in [9.17, 15) is 14.9 Å². The maximum atomic E-state index is 11.0. The lowest BCUT2D eigenvalue weighted by atomic mass is 10.2. The third-order valence-electron chi connectivity index (χ3n) is 2.97. The van der Waals surface area contributed by atoms with E-state index < -0.39 is 16.9 Å². The Labute approximate surface area is 123 Å². The first-order valence-corrected chi connectivity index (χ1v) is 6.79. The minimum Gasteiger partial charge on any atom is -0.493 e. The molecule has 21 heavy (non-hydrogen) atoms. The molecule has 0 amide bonds. The Bertz CT molecular complexity index is 504. The molecule has 0 aliphatic heterocycles. The number of nitro benzene ring substituents is 1. The molecule has 1 aromatic carbocycles. The monoisotopic (exact) mass is 296 g/mol. The quantitative estimate of drug-likeness (QED) is 0.534.